The fourth-order valence-corrected chi connectivity index (χ4v) is 2.11. The summed E-state index contributed by atoms with van der Waals surface area (Å²) >= 11 is 0. The molecule has 1 fully saturated rings. The van der Waals surface area contributed by atoms with Gasteiger partial charge in [0.05, 0.1) is 12.6 Å². The standard InChI is InChI=1S/C11H17F2NO8/c1-3(16)14-5-7(19)9(12)11(13,10(20)21)22-8(5)6(18)4(17)2-15/h4-9,15,17-19H,2H2,1H3,(H,14,16)(H,20,21)/t4-,5-,6-,7-,8-,9?,11-/m1/s1. The van der Waals surface area contributed by atoms with Gasteiger partial charge >= 0.3 is 11.8 Å². The number of amides is 1. The number of rotatable bonds is 5. The SMILES string of the molecule is CC(=O)N[C@H]1[C@H]([C@H](O)[C@H](O)CO)O[C@@](F)(C(=O)O)C(F)[C@@H]1O. The minimum absolute atomic E-state index is 0.808. The van der Waals surface area contributed by atoms with E-state index in [0.29, 0.717) is 0 Å². The number of alkyl halides is 2. The van der Waals surface area contributed by atoms with Crippen LogP contribution in [-0.2, 0) is 14.3 Å². The van der Waals surface area contributed by atoms with Gasteiger partial charge in [-0.15, -0.1) is 0 Å². The quantitative estimate of drug-likeness (QED) is 0.313. The van der Waals surface area contributed by atoms with Crippen LogP contribution >= 0.6 is 0 Å². The van der Waals surface area contributed by atoms with Crippen LogP contribution in [0.2, 0.25) is 0 Å². The summed E-state index contributed by atoms with van der Waals surface area (Å²) in [6.45, 7) is -0.0321. The average Bonchev–Trinajstić information content (AvgIpc) is 2.45. The van der Waals surface area contributed by atoms with Crippen LogP contribution in [0.25, 0.3) is 0 Å². The number of carboxylic acid groups (broad SMARTS) is 1. The van der Waals surface area contributed by atoms with E-state index in [-0.39, 0.29) is 0 Å². The number of hydrogen-bond donors (Lipinski definition) is 6. The van der Waals surface area contributed by atoms with Gasteiger partial charge < -0.3 is 35.6 Å². The van der Waals surface area contributed by atoms with Crippen LogP contribution in [0.15, 0.2) is 0 Å². The highest BCUT2D eigenvalue weighted by atomic mass is 19.2. The van der Waals surface area contributed by atoms with E-state index in [0.717, 1.165) is 6.92 Å². The minimum Gasteiger partial charge on any atom is -0.477 e. The number of carbonyl (C=O) groups is 2. The highest BCUT2D eigenvalue weighted by Gasteiger charge is 2.62. The molecule has 1 saturated heterocycles. The molecule has 1 unspecified atom stereocenters. The molecule has 0 aliphatic carbocycles. The molecule has 9 nitrogen and oxygen atoms in total. The van der Waals surface area contributed by atoms with Crippen molar-refractivity contribution in [2.24, 2.45) is 0 Å². The van der Waals surface area contributed by atoms with Crippen molar-refractivity contribution in [3.63, 3.8) is 0 Å². The third-order valence-corrected chi connectivity index (χ3v) is 3.26. The third-order valence-electron chi connectivity index (χ3n) is 3.26. The summed E-state index contributed by atoms with van der Waals surface area (Å²) in [5, 5.41) is 48.3. The number of halogens is 2. The maximum absolute atomic E-state index is 14.1. The minimum atomic E-state index is -3.99. The molecule has 7 atom stereocenters. The molecule has 1 aliphatic heterocycles. The normalized spacial score (nSPS) is 38.1. The first-order chi connectivity index (χ1) is 10.1. The summed E-state index contributed by atoms with van der Waals surface area (Å²) in [6.07, 6.45) is -11.4. The molecule has 0 radical (unpaired) electrons. The lowest BCUT2D eigenvalue weighted by atomic mass is 9.88. The Bertz CT molecular complexity index is 438. The smallest absolute Gasteiger partial charge is 0.372 e. The maximum Gasteiger partial charge on any atom is 0.372 e. The van der Waals surface area contributed by atoms with E-state index in [1.807, 2.05) is 5.32 Å². The number of ether oxygens (including phenoxy) is 1. The molecule has 0 aromatic rings. The first kappa shape index (κ1) is 18.6. The summed E-state index contributed by atoms with van der Waals surface area (Å²) in [4.78, 5) is 21.9. The average molecular weight is 329 g/mol. The first-order valence-corrected chi connectivity index (χ1v) is 6.22. The Hall–Kier alpha value is -1.40. The van der Waals surface area contributed by atoms with Crippen molar-refractivity contribution in [2.75, 3.05) is 6.61 Å². The van der Waals surface area contributed by atoms with Gasteiger partial charge in [-0.3, -0.25) is 4.79 Å². The van der Waals surface area contributed by atoms with E-state index in [9.17, 15) is 33.7 Å². The molecule has 22 heavy (non-hydrogen) atoms. The third kappa shape index (κ3) is 3.33. The molecule has 1 rings (SSSR count). The lowest BCUT2D eigenvalue weighted by Crippen LogP contribution is -2.71. The van der Waals surface area contributed by atoms with E-state index in [4.69, 9.17) is 10.2 Å². The zero-order valence-electron chi connectivity index (χ0n) is 11.4. The maximum atomic E-state index is 14.1. The van der Waals surface area contributed by atoms with Crippen LogP contribution in [0.1, 0.15) is 6.92 Å². The highest BCUT2D eigenvalue weighted by molar-refractivity contribution is 5.77. The zero-order valence-corrected chi connectivity index (χ0v) is 11.4. The molecule has 1 amide bonds. The summed E-state index contributed by atoms with van der Waals surface area (Å²) in [6, 6.07) is -1.74. The predicted molar refractivity (Wildman–Crippen MR) is 64.0 cm³/mol. The van der Waals surface area contributed by atoms with E-state index in [1.54, 1.807) is 0 Å². The van der Waals surface area contributed by atoms with Gasteiger partial charge in [-0.1, -0.05) is 0 Å². The second-order valence-corrected chi connectivity index (χ2v) is 4.89. The molecule has 0 bridgehead atoms. The van der Waals surface area contributed by atoms with Crippen LogP contribution < -0.4 is 5.32 Å². The second kappa shape index (κ2) is 6.79. The van der Waals surface area contributed by atoms with Gasteiger partial charge in [-0.25, -0.2) is 9.18 Å². The Kier molecular flexibility index (Phi) is 5.76. The van der Waals surface area contributed by atoms with Gasteiger partial charge in [0.15, 0.2) is 6.17 Å². The molecule has 1 heterocycles. The Labute approximate surface area is 123 Å². The predicted octanol–water partition coefficient (Wildman–Crippen LogP) is -2.95. The van der Waals surface area contributed by atoms with Gasteiger partial charge in [0.1, 0.15) is 24.4 Å². The number of aliphatic hydroxyl groups is 4. The molecule has 128 valence electrons. The van der Waals surface area contributed by atoms with Crippen LogP contribution in [0.4, 0.5) is 8.78 Å². The van der Waals surface area contributed by atoms with E-state index < -0.39 is 61.0 Å². The van der Waals surface area contributed by atoms with Gasteiger partial charge in [0, 0.05) is 6.92 Å². The van der Waals surface area contributed by atoms with E-state index >= 15 is 0 Å². The number of hydrogen-bond acceptors (Lipinski definition) is 7. The van der Waals surface area contributed by atoms with Crippen molar-refractivity contribution in [3.8, 4) is 0 Å². The molecular weight excluding hydrogens is 312 g/mol. The van der Waals surface area contributed by atoms with Crippen molar-refractivity contribution < 1.29 is 48.6 Å². The Morgan fingerprint density at radius 1 is 1.41 bits per heavy atom. The Morgan fingerprint density at radius 3 is 2.36 bits per heavy atom. The number of carboxylic acids is 1. The zero-order chi connectivity index (χ0) is 17.2. The van der Waals surface area contributed by atoms with Gasteiger partial charge in [-0.2, -0.15) is 4.39 Å². The van der Waals surface area contributed by atoms with Crippen molar-refractivity contribution in [1.29, 1.82) is 0 Å². The van der Waals surface area contributed by atoms with Crippen LogP contribution in [-0.4, -0.2) is 86.5 Å². The number of carbonyl (C=O) groups excluding carboxylic acids is 1. The van der Waals surface area contributed by atoms with Gasteiger partial charge in [-0.05, 0) is 0 Å². The molecule has 0 aromatic carbocycles. The van der Waals surface area contributed by atoms with E-state index in [2.05, 4.69) is 4.74 Å². The fourth-order valence-electron chi connectivity index (χ4n) is 2.11. The van der Waals surface area contributed by atoms with Crippen molar-refractivity contribution in [3.05, 3.63) is 0 Å². The van der Waals surface area contributed by atoms with Crippen LogP contribution in [0, 0.1) is 0 Å². The summed E-state index contributed by atoms with van der Waals surface area (Å²) < 4.78 is 32.3. The molecule has 0 spiro atoms. The Morgan fingerprint density at radius 2 is 1.95 bits per heavy atom. The molecule has 6 N–H and O–H groups in total. The monoisotopic (exact) mass is 329 g/mol. The van der Waals surface area contributed by atoms with E-state index in [1.165, 1.54) is 0 Å². The summed E-state index contributed by atoms with van der Waals surface area (Å²) in [5.74, 6) is -7.19. The number of aliphatic hydroxyl groups excluding tert-OH is 4. The van der Waals surface area contributed by atoms with Crippen molar-refractivity contribution >= 4 is 11.9 Å². The van der Waals surface area contributed by atoms with Crippen LogP contribution in [0.5, 0.6) is 0 Å². The molecule has 0 saturated carbocycles. The Balaban J connectivity index is 3.19. The van der Waals surface area contributed by atoms with Gasteiger partial charge in [0.25, 0.3) is 0 Å². The van der Waals surface area contributed by atoms with Crippen molar-refractivity contribution in [1.82, 2.24) is 5.32 Å². The molecule has 0 aromatic heterocycles. The molecular formula is C11H17F2NO8. The van der Waals surface area contributed by atoms with Crippen molar-refractivity contribution in [2.45, 2.75) is 49.4 Å². The van der Waals surface area contributed by atoms with Crippen LogP contribution in [0.3, 0.4) is 0 Å². The first-order valence-electron chi connectivity index (χ1n) is 6.22. The number of nitrogens with one attached hydrogen (secondary N) is 1. The number of aliphatic carboxylic acids is 1. The summed E-state index contributed by atoms with van der Waals surface area (Å²) in [5.41, 5.74) is 0. The fraction of sp³-hybridized carbons (Fsp3) is 0.818. The molecule has 1 aliphatic rings. The highest BCUT2D eigenvalue weighted by Crippen LogP contribution is 2.35. The molecule has 11 heteroatoms. The largest absolute Gasteiger partial charge is 0.477 e. The van der Waals surface area contributed by atoms with Gasteiger partial charge in [0.2, 0.25) is 5.91 Å². The lowest BCUT2D eigenvalue weighted by molar-refractivity contribution is -0.293. The lowest BCUT2D eigenvalue weighted by Gasteiger charge is -2.45. The topological polar surface area (TPSA) is 157 Å². The summed E-state index contributed by atoms with van der Waals surface area (Å²) in [7, 11) is 0. The second-order valence-electron chi connectivity index (χ2n) is 4.89.